The zero-order chi connectivity index (χ0) is 28.4. The van der Waals surface area contributed by atoms with Gasteiger partial charge in [-0.25, -0.2) is 0 Å². The van der Waals surface area contributed by atoms with E-state index < -0.39 is 28.7 Å². The molecular formula is C32H43N3O4S. The number of carbonyl (C=O) groups excluding carboxylic acids is 3. The SMILES string of the molecule is CCCCCN1CC=C[C@]23S[C@H]4C=CCN(Cc5ccccc5)C(=O)[C@H]4[C@H]2C(=O)N([C@@H](CO)[C@@H](C)CC)C3C1=O. The number of nitrogens with zero attached hydrogens (tertiary/aromatic N) is 3. The first-order chi connectivity index (χ1) is 19.4. The second-order valence-electron chi connectivity index (χ2n) is 11.7. The van der Waals surface area contributed by atoms with E-state index in [4.69, 9.17) is 0 Å². The molecule has 4 aliphatic rings. The summed E-state index contributed by atoms with van der Waals surface area (Å²) in [6.45, 7) is 8.13. The summed E-state index contributed by atoms with van der Waals surface area (Å²) < 4.78 is -0.848. The smallest absolute Gasteiger partial charge is 0.247 e. The third-order valence-corrected chi connectivity index (χ3v) is 11.1. The van der Waals surface area contributed by atoms with Gasteiger partial charge in [-0.1, -0.05) is 94.7 Å². The molecule has 5 rings (SSSR count). The number of amides is 3. The monoisotopic (exact) mass is 565 g/mol. The summed E-state index contributed by atoms with van der Waals surface area (Å²) in [5, 5.41) is 10.4. The van der Waals surface area contributed by atoms with Gasteiger partial charge in [-0.15, -0.1) is 11.8 Å². The van der Waals surface area contributed by atoms with Gasteiger partial charge in [-0.3, -0.25) is 14.4 Å². The maximum atomic E-state index is 14.6. The second-order valence-corrected chi connectivity index (χ2v) is 13.2. The molecule has 4 heterocycles. The molecule has 2 fully saturated rings. The number of aliphatic hydroxyl groups is 1. The van der Waals surface area contributed by atoms with Crippen molar-refractivity contribution in [2.45, 2.75) is 75.1 Å². The Morgan fingerprint density at radius 1 is 1.00 bits per heavy atom. The number of unbranched alkanes of at least 4 members (excludes halogenated alkanes) is 2. The third-order valence-electron chi connectivity index (χ3n) is 9.36. The van der Waals surface area contributed by atoms with Crippen LogP contribution >= 0.6 is 11.8 Å². The van der Waals surface area contributed by atoms with Crippen LogP contribution in [-0.2, 0) is 20.9 Å². The van der Waals surface area contributed by atoms with E-state index in [1.54, 1.807) is 16.7 Å². The van der Waals surface area contributed by atoms with Gasteiger partial charge < -0.3 is 19.8 Å². The minimum atomic E-state index is -0.848. The van der Waals surface area contributed by atoms with Crippen LogP contribution in [0.3, 0.4) is 0 Å². The maximum absolute atomic E-state index is 14.6. The van der Waals surface area contributed by atoms with Gasteiger partial charge in [0.2, 0.25) is 17.7 Å². The van der Waals surface area contributed by atoms with Crippen LogP contribution < -0.4 is 0 Å². The van der Waals surface area contributed by atoms with Gasteiger partial charge in [0.15, 0.2) is 0 Å². The fourth-order valence-corrected chi connectivity index (χ4v) is 9.04. The van der Waals surface area contributed by atoms with E-state index in [-0.39, 0.29) is 35.5 Å². The molecule has 7 nitrogen and oxygen atoms in total. The Morgan fingerprint density at radius 3 is 2.45 bits per heavy atom. The van der Waals surface area contributed by atoms with Crippen molar-refractivity contribution in [1.29, 1.82) is 0 Å². The van der Waals surface area contributed by atoms with Crippen molar-refractivity contribution < 1.29 is 19.5 Å². The summed E-state index contributed by atoms with van der Waals surface area (Å²) in [4.78, 5) is 48.7. The number of fused-ring (bicyclic) bond motifs is 2. The molecule has 0 bridgehead atoms. The quantitative estimate of drug-likeness (QED) is 0.344. The number of likely N-dealkylation sites (tertiary alicyclic amines) is 1. The van der Waals surface area contributed by atoms with E-state index in [0.29, 0.717) is 26.2 Å². The molecule has 4 aliphatic heterocycles. The third kappa shape index (κ3) is 4.91. The van der Waals surface area contributed by atoms with Crippen LogP contribution in [0.25, 0.3) is 0 Å². The molecule has 1 N–H and O–H groups in total. The van der Waals surface area contributed by atoms with Gasteiger partial charge in [-0.05, 0) is 17.9 Å². The Labute approximate surface area is 242 Å². The van der Waals surface area contributed by atoms with Gasteiger partial charge in [0.1, 0.15) is 6.04 Å². The van der Waals surface area contributed by atoms with E-state index in [1.165, 1.54) is 0 Å². The lowest BCUT2D eigenvalue weighted by Gasteiger charge is -2.40. The van der Waals surface area contributed by atoms with E-state index in [2.05, 4.69) is 19.1 Å². The fourth-order valence-electron chi connectivity index (χ4n) is 7.05. The number of hydrogen-bond donors (Lipinski definition) is 1. The van der Waals surface area contributed by atoms with Gasteiger partial charge in [0.05, 0.1) is 29.2 Å². The summed E-state index contributed by atoms with van der Waals surface area (Å²) >= 11 is 1.61. The second kappa shape index (κ2) is 12.1. The lowest BCUT2D eigenvalue weighted by Crippen LogP contribution is -2.57. The van der Waals surface area contributed by atoms with E-state index in [9.17, 15) is 19.5 Å². The molecule has 1 spiro atoms. The minimum absolute atomic E-state index is 0.0125. The number of hydrogen-bond acceptors (Lipinski definition) is 5. The Morgan fingerprint density at radius 2 is 1.75 bits per heavy atom. The average Bonchev–Trinajstić information content (AvgIpc) is 3.29. The van der Waals surface area contributed by atoms with E-state index in [0.717, 1.165) is 31.2 Å². The van der Waals surface area contributed by atoms with Gasteiger partial charge in [-0.2, -0.15) is 0 Å². The normalized spacial score (nSPS) is 31.1. The van der Waals surface area contributed by atoms with Crippen LogP contribution in [0.15, 0.2) is 54.6 Å². The first-order valence-electron chi connectivity index (χ1n) is 14.9. The minimum Gasteiger partial charge on any atom is -0.394 e. The highest BCUT2D eigenvalue weighted by molar-refractivity contribution is 8.02. The highest BCUT2D eigenvalue weighted by Gasteiger charge is 2.71. The molecule has 7 atom stereocenters. The zero-order valence-corrected chi connectivity index (χ0v) is 24.8. The van der Waals surface area contributed by atoms with Crippen molar-refractivity contribution in [1.82, 2.24) is 14.7 Å². The van der Waals surface area contributed by atoms with Crippen LogP contribution in [-0.4, -0.2) is 85.8 Å². The summed E-state index contributed by atoms with van der Waals surface area (Å²) in [5.74, 6) is -1.46. The maximum Gasteiger partial charge on any atom is 0.247 e. The molecular weight excluding hydrogens is 522 g/mol. The van der Waals surface area contributed by atoms with Crippen LogP contribution in [0.2, 0.25) is 0 Å². The van der Waals surface area contributed by atoms with Gasteiger partial charge in [0, 0.05) is 31.4 Å². The lowest BCUT2D eigenvalue weighted by atomic mass is 9.78. The van der Waals surface area contributed by atoms with Crippen LogP contribution in [0.1, 0.15) is 52.0 Å². The molecule has 0 radical (unpaired) electrons. The molecule has 40 heavy (non-hydrogen) atoms. The van der Waals surface area contributed by atoms with Crippen LogP contribution in [0, 0.1) is 17.8 Å². The number of rotatable bonds is 10. The molecule has 0 saturated carbocycles. The highest BCUT2D eigenvalue weighted by Crippen LogP contribution is 2.61. The molecule has 1 aromatic carbocycles. The Balaban J connectivity index is 1.55. The number of carbonyl (C=O) groups is 3. The van der Waals surface area contributed by atoms with Crippen molar-refractivity contribution in [2.75, 3.05) is 26.2 Å². The molecule has 8 heteroatoms. The summed E-state index contributed by atoms with van der Waals surface area (Å²) in [6.07, 6.45) is 12.0. The molecule has 0 aromatic heterocycles. The molecule has 1 unspecified atom stereocenters. The topological polar surface area (TPSA) is 81.2 Å². The number of thioether (sulfide) groups is 1. The Bertz CT molecular complexity index is 1160. The van der Waals surface area contributed by atoms with E-state index in [1.807, 2.05) is 66.1 Å². The van der Waals surface area contributed by atoms with Gasteiger partial charge in [0.25, 0.3) is 0 Å². The first kappa shape index (κ1) is 28.9. The number of aliphatic hydroxyl groups excluding tert-OH is 1. The fraction of sp³-hybridized carbons (Fsp3) is 0.594. The predicted octanol–water partition coefficient (Wildman–Crippen LogP) is 3.88. The van der Waals surface area contributed by atoms with E-state index >= 15 is 0 Å². The predicted molar refractivity (Wildman–Crippen MR) is 158 cm³/mol. The zero-order valence-electron chi connectivity index (χ0n) is 23.9. The number of benzene rings is 1. The van der Waals surface area contributed by atoms with Crippen LogP contribution in [0.4, 0.5) is 0 Å². The lowest BCUT2D eigenvalue weighted by molar-refractivity contribution is -0.148. The highest BCUT2D eigenvalue weighted by atomic mass is 32.2. The molecule has 3 amide bonds. The van der Waals surface area contributed by atoms with Crippen molar-refractivity contribution in [2.24, 2.45) is 17.8 Å². The average molecular weight is 566 g/mol. The summed E-state index contributed by atoms with van der Waals surface area (Å²) in [6, 6.07) is 8.71. The standard InChI is InChI=1S/C32H43N3O4S/c1-4-6-10-17-33-19-12-16-32-27(30(38)35(28(32)31(33)39)24(21-36)22(3)5-2)26-25(40-32)15-11-18-34(29(26)37)20-23-13-8-7-9-14-23/h7-9,11-16,22,24-28,36H,4-6,10,17-21H2,1-3H3/t22-,24-,25-,26+,27-,28?,32-/m0/s1. The van der Waals surface area contributed by atoms with Crippen molar-refractivity contribution in [3.63, 3.8) is 0 Å². The summed E-state index contributed by atoms with van der Waals surface area (Å²) in [7, 11) is 0. The molecule has 1 aromatic rings. The molecule has 2 saturated heterocycles. The van der Waals surface area contributed by atoms with Crippen LogP contribution in [0.5, 0.6) is 0 Å². The largest absolute Gasteiger partial charge is 0.394 e. The van der Waals surface area contributed by atoms with Crippen molar-refractivity contribution in [3.8, 4) is 0 Å². The first-order valence-corrected chi connectivity index (χ1v) is 15.8. The summed E-state index contributed by atoms with van der Waals surface area (Å²) in [5.41, 5.74) is 1.05. The Kier molecular flexibility index (Phi) is 8.76. The van der Waals surface area contributed by atoms with Crippen molar-refractivity contribution >= 4 is 29.5 Å². The molecule has 216 valence electrons. The van der Waals surface area contributed by atoms with Gasteiger partial charge >= 0.3 is 0 Å². The van der Waals surface area contributed by atoms with Crippen molar-refractivity contribution in [3.05, 3.63) is 60.2 Å². The Hall–Kier alpha value is -2.58. The molecule has 0 aliphatic carbocycles.